The monoisotopic (exact) mass is 228 g/mol. The van der Waals surface area contributed by atoms with Gasteiger partial charge in [-0.3, -0.25) is 4.79 Å². The summed E-state index contributed by atoms with van der Waals surface area (Å²) in [5.41, 5.74) is -0.464. The SMILES string of the molecule is CC(C)(Cc1c(O)cccc1Cl)C(=O)O. The highest BCUT2D eigenvalue weighted by Crippen LogP contribution is 2.32. The first-order valence-electron chi connectivity index (χ1n) is 4.54. The van der Waals surface area contributed by atoms with Gasteiger partial charge < -0.3 is 10.2 Å². The van der Waals surface area contributed by atoms with E-state index in [4.69, 9.17) is 16.7 Å². The fraction of sp³-hybridized carbons (Fsp3) is 0.364. The van der Waals surface area contributed by atoms with Crippen LogP contribution in [0.3, 0.4) is 0 Å². The van der Waals surface area contributed by atoms with E-state index in [-0.39, 0.29) is 12.2 Å². The van der Waals surface area contributed by atoms with Crippen molar-refractivity contribution in [3.05, 3.63) is 28.8 Å². The predicted molar refractivity (Wildman–Crippen MR) is 58.2 cm³/mol. The van der Waals surface area contributed by atoms with E-state index in [1.54, 1.807) is 26.0 Å². The highest BCUT2D eigenvalue weighted by atomic mass is 35.5. The summed E-state index contributed by atoms with van der Waals surface area (Å²) in [6, 6.07) is 4.75. The molecule has 0 aliphatic heterocycles. The minimum absolute atomic E-state index is 0.0387. The second-order valence-corrected chi connectivity index (χ2v) is 4.51. The van der Waals surface area contributed by atoms with Crippen LogP contribution in [-0.4, -0.2) is 16.2 Å². The second kappa shape index (κ2) is 4.11. The summed E-state index contributed by atoms with van der Waals surface area (Å²) in [5.74, 6) is -0.876. The summed E-state index contributed by atoms with van der Waals surface area (Å²) in [5, 5.41) is 18.9. The first-order chi connectivity index (χ1) is 6.84. The average Bonchev–Trinajstić information content (AvgIpc) is 2.11. The maximum absolute atomic E-state index is 10.9. The van der Waals surface area contributed by atoms with E-state index in [1.165, 1.54) is 6.07 Å². The first-order valence-corrected chi connectivity index (χ1v) is 4.92. The lowest BCUT2D eigenvalue weighted by Crippen LogP contribution is -2.26. The maximum atomic E-state index is 10.9. The Labute approximate surface area is 93.3 Å². The Morgan fingerprint density at radius 2 is 2.07 bits per heavy atom. The minimum atomic E-state index is -0.942. The zero-order valence-electron chi connectivity index (χ0n) is 8.62. The van der Waals surface area contributed by atoms with Crippen molar-refractivity contribution in [2.24, 2.45) is 5.41 Å². The quantitative estimate of drug-likeness (QED) is 0.836. The van der Waals surface area contributed by atoms with Crippen molar-refractivity contribution in [1.29, 1.82) is 0 Å². The summed E-state index contributed by atoms with van der Waals surface area (Å²) in [4.78, 5) is 10.9. The number of phenols is 1. The third-order valence-electron chi connectivity index (χ3n) is 2.29. The molecular weight excluding hydrogens is 216 g/mol. The van der Waals surface area contributed by atoms with Crippen LogP contribution in [0, 0.1) is 5.41 Å². The van der Waals surface area contributed by atoms with E-state index in [1.807, 2.05) is 0 Å². The fourth-order valence-corrected chi connectivity index (χ4v) is 1.48. The van der Waals surface area contributed by atoms with Gasteiger partial charge in [0.15, 0.2) is 0 Å². The van der Waals surface area contributed by atoms with Crippen LogP contribution in [0.1, 0.15) is 19.4 Å². The first kappa shape index (κ1) is 11.9. The van der Waals surface area contributed by atoms with Gasteiger partial charge in [-0.2, -0.15) is 0 Å². The number of carbonyl (C=O) groups is 1. The number of hydrogen-bond donors (Lipinski definition) is 2. The van der Waals surface area contributed by atoms with Gasteiger partial charge >= 0.3 is 5.97 Å². The third kappa shape index (κ3) is 2.63. The zero-order chi connectivity index (χ0) is 11.6. The van der Waals surface area contributed by atoms with Crippen molar-refractivity contribution >= 4 is 17.6 Å². The molecule has 0 spiro atoms. The lowest BCUT2D eigenvalue weighted by atomic mass is 9.85. The van der Waals surface area contributed by atoms with Crippen LogP contribution in [-0.2, 0) is 11.2 Å². The number of hydrogen-bond acceptors (Lipinski definition) is 2. The van der Waals surface area contributed by atoms with Crippen molar-refractivity contribution in [3.63, 3.8) is 0 Å². The topological polar surface area (TPSA) is 57.5 Å². The molecule has 0 aliphatic carbocycles. The van der Waals surface area contributed by atoms with E-state index in [9.17, 15) is 9.90 Å². The van der Waals surface area contributed by atoms with Gasteiger partial charge in [0, 0.05) is 10.6 Å². The Hall–Kier alpha value is -1.22. The summed E-state index contributed by atoms with van der Waals surface area (Å²) < 4.78 is 0. The number of carboxylic acid groups (broad SMARTS) is 1. The molecule has 1 rings (SSSR count). The molecule has 0 fully saturated rings. The predicted octanol–water partition coefficient (Wildman–Crippen LogP) is 2.70. The molecular formula is C11H13ClO3. The van der Waals surface area contributed by atoms with Crippen molar-refractivity contribution in [2.45, 2.75) is 20.3 Å². The lowest BCUT2D eigenvalue weighted by Gasteiger charge is -2.20. The van der Waals surface area contributed by atoms with Crippen LogP contribution in [0.2, 0.25) is 5.02 Å². The van der Waals surface area contributed by atoms with Crippen molar-refractivity contribution in [3.8, 4) is 5.75 Å². The van der Waals surface area contributed by atoms with Gasteiger partial charge in [-0.1, -0.05) is 17.7 Å². The molecule has 2 N–H and O–H groups in total. The number of rotatable bonds is 3. The molecule has 1 aromatic carbocycles. The molecule has 0 saturated heterocycles. The molecule has 1 aromatic rings. The summed E-state index contributed by atoms with van der Waals surface area (Å²) in [7, 11) is 0. The largest absolute Gasteiger partial charge is 0.508 e. The smallest absolute Gasteiger partial charge is 0.309 e. The molecule has 0 atom stereocenters. The van der Waals surface area contributed by atoms with E-state index in [0.717, 1.165) is 0 Å². The van der Waals surface area contributed by atoms with Gasteiger partial charge in [-0.15, -0.1) is 0 Å². The van der Waals surface area contributed by atoms with Gasteiger partial charge in [0.2, 0.25) is 0 Å². The number of carboxylic acids is 1. The number of halogens is 1. The third-order valence-corrected chi connectivity index (χ3v) is 2.65. The number of aromatic hydroxyl groups is 1. The molecule has 82 valence electrons. The van der Waals surface area contributed by atoms with Gasteiger partial charge in [0.1, 0.15) is 5.75 Å². The second-order valence-electron chi connectivity index (χ2n) is 4.10. The minimum Gasteiger partial charge on any atom is -0.508 e. The Balaban J connectivity index is 3.04. The van der Waals surface area contributed by atoms with Gasteiger partial charge in [0.05, 0.1) is 5.41 Å². The Kier molecular flexibility index (Phi) is 3.25. The lowest BCUT2D eigenvalue weighted by molar-refractivity contribution is -0.146. The van der Waals surface area contributed by atoms with E-state index < -0.39 is 11.4 Å². The van der Waals surface area contributed by atoms with Crippen LogP contribution in [0.5, 0.6) is 5.75 Å². The Bertz CT molecular complexity index is 365. The van der Waals surface area contributed by atoms with Crippen LogP contribution in [0.15, 0.2) is 18.2 Å². The van der Waals surface area contributed by atoms with Crippen LogP contribution >= 0.6 is 11.6 Å². The number of aliphatic carboxylic acids is 1. The molecule has 0 unspecified atom stereocenters. The van der Waals surface area contributed by atoms with Gasteiger partial charge in [-0.25, -0.2) is 0 Å². The zero-order valence-corrected chi connectivity index (χ0v) is 9.38. The van der Waals surface area contributed by atoms with E-state index in [2.05, 4.69) is 0 Å². The van der Waals surface area contributed by atoms with E-state index >= 15 is 0 Å². The highest BCUT2D eigenvalue weighted by molar-refractivity contribution is 6.31. The maximum Gasteiger partial charge on any atom is 0.309 e. The van der Waals surface area contributed by atoms with Crippen molar-refractivity contribution in [2.75, 3.05) is 0 Å². The molecule has 15 heavy (non-hydrogen) atoms. The summed E-state index contributed by atoms with van der Waals surface area (Å²) >= 11 is 5.89. The normalized spacial score (nSPS) is 11.4. The van der Waals surface area contributed by atoms with Gasteiger partial charge in [0.25, 0.3) is 0 Å². The molecule has 3 nitrogen and oxygen atoms in total. The van der Waals surface area contributed by atoms with Crippen molar-refractivity contribution in [1.82, 2.24) is 0 Å². The number of benzene rings is 1. The van der Waals surface area contributed by atoms with E-state index in [0.29, 0.717) is 10.6 Å². The highest BCUT2D eigenvalue weighted by Gasteiger charge is 2.29. The Morgan fingerprint density at radius 3 is 2.53 bits per heavy atom. The average molecular weight is 229 g/mol. The molecule has 0 aliphatic rings. The fourth-order valence-electron chi connectivity index (χ4n) is 1.24. The molecule has 0 aromatic heterocycles. The molecule has 0 amide bonds. The molecule has 0 heterocycles. The molecule has 0 bridgehead atoms. The van der Waals surface area contributed by atoms with Crippen LogP contribution in [0.25, 0.3) is 0 Å². The Morgan fingerprint density at radius 1 is 1.47 bits per heavy atom. The molecule has 0 radical (unpaired) electrons. The summed E-state index contributed by atoms with van der Waals surface area (Å²) in [6.45, 7) is 3.19. The number of phenolic OH excluding ortho intramolecular Hbond substituents is 1. The molecule has 0 saturated carbocycles. The van der Waals surface area contributed by atoms with Crippen LogP contribution in [0.4, 0.5) is 0 Å². The van der Waals surface area contributed by atoms with Crippen LogP contribution < -0.4 is 0 Å². The van der Waals surface area contributed by atoms with Gasteiger partial charge in [-0.05, 0) is 32.4 Å². The summed E-state index contributed by atoms with van der Waals surface area (Å²) in [6.07, 6.45) is 0.202. The molecule has 4 heteroatoms. The standard InChI is InChI=1S/C11H13ClO3/c1-11(2,10(14)15)6-7-8(12)4-3-5-9(7)13/h3-5,13H,6H2,1-2H3,(H,14,15). The van der Waals surface area contributed by atoms with Crippen molar-refractivity contribution < 1.29 is 15.0 Å².